The van der Waals surface area contributed by atoms with Crippen LogP contribution in [0.1, 0.15) is 63.3 Å². The highest BCUT2D eigenvalue weighted by atomic mass is 15.1. The first-order chi connectivity index (χ1) is 9.20. The predicted molar refractivity (Wildman–Crippen MR) is 78.2 cm³/mol. The van der Waals surface area contributed by atoms with Gasteiger partial charge in [-0.2, -0.15) is 0 Å². The van der Waals surface area contributed by atoms with Crippen LogP contribution in [0.2, 0.25) is 0 Å². The van der Waals surface area contributed by atoms with E-state index in [0.29, 0.717) is 6.04 Å². The Hall–Kier alpha value is -0.830. The highest BCUT2D eigenvalue weighted by Crippen LogP contribution is 2.38. The number of hydrogen-bond donors (Lipinski definition) is 1. The summed E-state index contributed by atoms with van der Waals surface area (Å²) < 4.78 is 2.62. The highest BCUT2D eigenvalue weighted by molar-refractivity contribution is 5.21. The van der Waals surface area contributed by atoms with Crippen LogP contribution in [-0.4, -0.2) is 16.1 Å². The van der Waals surface area contributed by atoms with E-state index >= 15 is 0 Å². The number of aryl methyl sites for hydroxylation is 1. The molecule has 3 unspecified atom stereocenters. The maximum atomic E-state index is 4.89. The maximum Gasteiger partial charge on any atom is 0.109 e. The Labute approximate surface area is 116 Å². The second-order valence-electron chi connectivity index (χ2n) is 6.49. The van der Waals surface area contributed by atoms with Gasteiger partial charge in [-0.05, 0) is 31.1 Å². The van der Waals surface area contributed by atoms with Crippen molar-refractivity contribution < 1.29 is 0 Å². The Kier molecular flexibility index (Phi) is 3.66. The fraction of sp³-hybridized carbons (Fsp3) is 0.812. The van der Waals surface area contributed by atoms with E-state index in [-0.39, 0.29) is 0 Å². The lowest BCUT2D eigenvalue weighted by molar-refractivity contribution is 0.205. The summed E-state index contributed by atoms with van der Waals surface area (Å²) in [7, 11) is 0. The van der Waals surface area contributed by atoms with Crippen LogP contribution in [0.15, 0.2) is 0 Å². The van der Waals surface area contributed by atoms with Crippen LogP contribution < -0.4 is 5.32 Å². The van der Waals surface area contributed by atoms with E-state index in [1.807, 2.05) is 0 Å². The van der Waals surface area contributed by atoms with Crippen molar-refractivity contribution in [2.45, 2.75) is 65.5 Å². The average molecular weight is 261 g/mol. The Bertz CT molecular complexity index is 449. The molecule has 1 aliphatic heterocycles. The van der Waals surface area contributed by atoms with Gasteiger partial charge in [-0.25, -0.2) is 4.98 Å². The number of aromatic nitrogens is 2. The maximum absolute atomic E-state index is 4.89. The van der Waals surface area contributed by atoms with Gasteiger partial charge in [0.25, 0.3) is 0 Å². The van der Waals surface area contributed by atoms with Gasteiger partial charge in [0.15, 0.2) is 0 Å². The largest absolute Gasteiger partial charge is 0.329 e. The van der Waals surface area contributed by atoms with Crippen LogP contribution in [0, 0.1) is 11.8 Å². The van der Waals surface area contributed by atoms with E-state index in [0.717, 1.165) is 37.8 Å². The Morgan fingerprint density at radius 2 is 2.11 bits per heavy atom. The molecular weight excluding hydrogens is 234 g/mol. The minimum Gasteiger partial charge on any atom is -0.329 e. The third-order valence-corrected chi connectivity index (χ3v) is 5.25. The number of imidazole rings is 1. The third kappa shape index (κ3) is 2.33. The first-order valence-corrected chi connectivity index (χ1v) is 8.00. The molecule has 0 saturated heterocycles. The molecule has 0 radical (unpaired) electrons. The lowest BCUT2D eigenvalue weighted by Gasteiger charge is -2.35. The van der Waals surface area contributed by atoms with Gasteiger partial charge in [-0.1, -0.05) is 20.8 Å². The van der Waals surface area contributed by atoms with Crippen LogP contribution >= 0.6 is 0 Å². The van der Waals surface area contributed by atoms with E-state index in [1.165, 1.54) is 36.5 Å². The summed E-state index contributed by atoms with van der Waals surface area (Å²) >= 11 is 0. The second kappa shape index (κ2) is 5.28. The molecule has 1 aromatic rings. The summed E-state index contributed by atoms with van der Waals surface area (Å²) in [4.78, 5) is 4.89. The summed E-state index contributed by atoms with van der Waals surface area (Å²) in [6.45, 7) is 9.16. The third-order valence-electron chi connectivity index (χ3n) is 5.25. The molecule has 1 aromatic heterocycles. The smallest absolute Gasteiger partial charge is 0.109 e. The van der Waals surface area contributed by atoms with Gasteiger partial charge < -0.3 is 9.88 Å². The van der Waals surface area contributed by atoms with Crippen molar-refractivity contribution in [2.75, 3.05) is 6.54 Å². The number of rotatable bonds is 2. The molecule has 2 heterocycles. The molecule has 106 valence electrons. The minimum atomic E-state index is 0.704. The van der Waals surface area contributed by atoms with Crippen molar-refractivity contribution in [3.05, 3.63) is 17.2 Å². The van der Waals surface area contributed by atoms with Gasteiger partial charge in [0.2, 0.25) is 0 Å². The Morgan fingerprint density at radius 1 is 1.26 bits per heavy atom. The molecule has 2 aliphatic rings. The van der Waals surface area contributed by atoms with Crippen LogP contribution in [0.3, 0.4) is 0 Å². The van der Waals surface area contributed by atoms with Gasteiger partial charge in [-0.15, -0.1) is 0 Å². The topological polar surface area (TPSA) is 29.9 Å². The molecule has 0 spiro atoms. The zero-order chi connectivity index (χ0) is 13.4. The Morgan fingerprint density at radius 3 is 2.84 bits per heavy atom. The van der Waals surface area contributed by atoms with Crippen molar-refractivity contribution in [2.24, 2.45) is 11.8 Å². The van der Waals surface area contributed by atoms with Crippen LogP contribution in [0.5, 0.6) is 0 Å². The molecule has 19 heavy (non-hydrogen) atoms. The summed E-state index contributed by atoms with van der Waals surface area (Å²) in [5, 5.41) is 3.45. The lowest BCUT2D eigenvalue weighted by atomic mass is 9.79. The van der Waals surface area contributed by atoms with Gasteiger partial charge in [0, 0.05) is 37.7 Å². The molecule has 3 nitrogen and oxygen atoms in total. The van der Waals surface area contributed by atoms with Gasteiger partial charge in [0.1, 0.15) is 5.82 Å². The van der Waals surface area contributed by atoms with E-state index in [2.05, 4.69) is 30.7 Å². The van der Waals surface area contributed by atoms with Crippen LogP contribution in [0.4, 0.5) is 0 Å². The van der Waals surface area contributed by atoms with Crippen molar-refractivity contribution in [3.8, 4) is 0 Å². The molecule has 3 heteroatoms. The number of nitrogens with zero attached hydrogens (tertiary/aromatic N) is 2. The first kappa shape index (κ1) is 13.2. The number of hydrogen-bond acceptors (Lipinski definition) is 2. The van der Waals surface area contributed by atoms with Crippen LogP contribution in [0.25, 0.3) is 0 Å². The molecule has 3 atom stereocenters. The molecule has 3 rings (SSSR count). The van der Waals surface area contributed by atoms with Gasteiger partial charge >= 0.3 is 0 Å². The van der Waals surface area contributed by atoms with Crippen molar-refractivity contribution in [1.29, 1.82) is 0 Å². The molecule has 1 N–H and O–H groups in total. The molecule has 1 saturated carbocycles. The van der Waals surface area contributed by atoms with Crippen molar-refractivity contribution in [1.82, 2.24) is 14.9 Å². The van der Waals surface area contributed by atoms with Crippen LogP contribution in [-0.2, 0) is 19.4 Å². The normalized spacial score (nSPS) is 31.2. The molecule has 1 aliphatic carbocycles. The van der Waals surface area contributed by atoms with E-state index in [1.54, 1.807) is 0 Å². The standard InChI is InChI=1S/C16H27N3/c1-4-16-18-14-10-17-8-7-15(14)19(16)13-6-5-11(2)12(3)9-13/h11-13,17H,4-10H2,1-3H3. The predicted octanol–water partition coefficient (Wildman–Crippen LogP) is 3.09. The molecule has 0 bridgehead atoms. The number of nitrogens with one attached hydrogen (secondary N) is 1. The minimum absolute atomic E-state index is 0.704. The van der Waals surface area contributed by atoms with Crippen molar-refractivity contribution in [3.63, 3.8) is 0 Å². The summed E-state index contributed by atoms with van der Waals surface area (Å²) in [6, 6.07) is 0.704. The monoisotopic (exact) mass is 261 g/mol. The quantitative estimate of drug-likeness (QED) is 0.886. The van der Waals surface area contributed by atoms with E-state index in [4.69, 9.17) is 4.98 Å². The van der Waals surface area contributed by atoms with Gasteiger partial charge in [0.05, 0.1) is 5.69 Å². The average Bonchev–Trinajstić information content (AvgIpc) is 2.80. The molecular formula is C16H27N3. The second-order valence-corrected chi connectivity index (χ2v) is 6.49. The first-order valence-electron chi connectivity index (χ1n) is 8.00. The fourth-order valence-corrected chi connectivity index (χ4v) is 3.82. The summed E-state index contributed by atoms with van der Waals surface area (Å²) in [6.07, 6.45) is 6.27. The molecule has 0 amide bonds. The zero-order valence-corrected chi connectivity index (χ0v) is 12.6. The SMILES string of the molecule is CCc1nc2c(n1C1CCC(C)C(C)C1)CCNC2. The summed E-state index contributed by atoms with van der Waals surface area (Å²) in [5.74, 6) is 3.06. The Balaban J connectivity index is 1.93. The fourth-order valence-electron chi connectivity index (χ4n) is 3.82. The number of fused-ring (bicyclic) bond motifs is 1. The molecule has 1 fully saturated rings. The van der Waals surface area contributed by atoms with Gasteiger partial charge in [-0.3, -0.25) is 0 Å². The summed E-state index contributed by atoms with van der Waals surface area (Å²) in [5.41, 5.74) is 2.84. The molecule has 0 aromatic carbocycles. The van der Waals surface area contributed by atoms with Crippen molar-refractivity contribution >= 4 is 0 Å². The lowest BCUT2D eigenvalue weighted by Crippen LogP contribution is -2.29. The highest BCUT2D eigenvalue weighted by Gasteiger charge is 2.30. The van der Waals surface area contributed by atoms with E-state index in [9.17, 15) is 0 Å². The van der Waals surface area contributed by atoms with E-state index < -0.39 is 0 Å². The zero-order valence-electron chi connectivity index (χ0n) is 12.6.